The second-order valence-corrected chi connectivity index (χ2v) is 6.78. The number of carbonyl (C=O) groups is 1. The number of amides is 1. The molecule has 0 spiro atoms. The number of aromatic nitrogens is 2. The largest absolute Gasteiger partial charge is 0.355 e. The molecule has 9 nitrogen and oxygen atoms in total. The maximum Gasteiger partial charge on any atom is 0.355 e. The molecule has 0 aliphatic heterocycles. The van der Waals surface area contributed by atoms with E-state index in [4.69, 9.17) is 0 Å². The second-order valence-electron chi connectivity index (χ2n) is 6.78. The van der Waals surface area contributed by atoms with Crippen LogP contribution in [-0.4, -0.2) is 20.8 Å². The molecule has 4 rings (SSSR count). The Morgan fingerprint density at radius 3 is 2.52 bits per heavy atom. The fraction of sp³-hybridized carbons (Fsp3) is 0.0455. The van der Waals surface area contributed by atoms with Crippen molar-refractivity contribution in [1.82, 2.24) is 15.4 Å². The second kappa shape index (κ2) is 8.46. The first kappa shape index (κ1) is 19.8. The molecule has 0 aliphatic rings. The Balaban J connectivity index is 1.59. The zero-order chi connectivity index (χ0) is 21.8. The third-order valence-electron chi connectivity index (χ3n) is 4.61. The highest BCUT2D eigenvalue weighted by Crippen LogP contribution is 2.31. The molecule has 9 heteroatoms. The fourth-order valence-electron chi connectivity index (χ4n) is 3.20. The maximum absolute atomic E-state index is 12.7. The number of hydrogen-bond acceptors (Lipinski definition) is 7. The molecule has 0 bridgehead atoms. The molecule has 0 saturated heterocycles. The van der Waals surface area contributed by atoms with Crippen LogP contribution in [0.3, 0.4) is 0 Å². The summed E-state index contributed by atoms with van der Waals surface area (Å²) in [6.45, 7) is 1.91. The summed E-state index contributed by atoms with van der Waals surface area (Å²) in [5, 5.41) is 16.3. The van der Waals surface area contributed by atoms with E-state index in [2.05, 4.69) is 26.1 Å². The van der Waals surface area contributed by atoms with Gasteiger partial charge in [0.2, 0.25) is 11.6 Å². The number of hydrazine groups is 1. The van der Waals surface area contributed by atoms with Crippen LogP contribution in [0.2, 0.25) is 0 Å². The molecule has 4 aromatic rings. The third-order valence-corrected chi connectivity index (χ3v) is 4.61. The normalized spacial score (nSPS) is 10.5. The standard InChI is InChI=1S/C22H18N6O3/c1-14-6-4-9-16(12-14)25-20-19(28(30)31)21(24-13-23-20)26-27-22(29)18-11-5-8-15-7-2-3-10-17(15)18/h2-13H,1H3,(H,27,29)(H2,23,24,25,26). The lowest BCUT2D eigenvalue weighted by molar-refractivity contribution is -0.383. The number of anilines is 3. The van der Waals surface area contributed by atoms with Crippen LogP contribution in [-0.2, 0) is 0 Å². The average Bonchev–Trinajstić information content (AvgIpc) is 2.77. The minimum absolute atomic E-state index is 0.00695. The summed E-state index contributed by atoms with van der Waals surface area (Å²) in [4.78, 5) is 31.8. The number of benzene rings is 3. The minimum Gasteiger partial charge on any atom is -0.334 e. The van der Waals surface area contributed by atoms with Gasteiger partial charge in [0.1, 0.15) is 6.33 Å². The first-order valence-electron chi connectivity index (χ1n) is 9.40. The van der Waals surface area contributed by atoms with E-state index in [9.17, 15) is 14.9 Å². The van der Waals surface area contributed by atoms with Crippen molar-refractivity contribution in [2.75, 3.05) is 10.7 Å². The molecule has 0 aliphatic carbocycles. The van der Waals surface area contributed by atoms with Gasteiger partial charge in [0.05, 0.1) is 4.92 Å². The summed E-state index contributed by atoms with van der Waals surface area (Å²) < 4.78 is 0. The van der Waals surface area contributed by atoms with Gasteiger partial charge < -0.3 is 5.32 Å². The molecule has 3 aromatic carbocycles. The number of rotatable bonds is 6. The number of nitro groups is 1. The quantitative estimate of drug-likeness (QED) is 0.317. The summed E-state index contributed by atoms with van der Waals surface area (Å²) >= 11 is 0. The SMILES string of the molecule is Cc1cccc(Nc2ncnc(NNC(=O)c3cccc4ccccc34)c2[N+](=O)[O-])c1. The molecule has 1 aromatic heterocycles. The average molecular weight is 414 g/mol. The molecule has 0 radical (unpaired) electrons. The van der Waals surface area contributed by atoms with E-state index in [1.807, 2.05) is 55.5 Å². The van der Waals surface area contributed by atoms with Gasteiger partial charge >= 0.3 is 5.69 Å². The predicted molar refractivity (Wildman–Crippen MR) is 118 cm³/mol. The van der Waals surface area contributed by atoms with Crippen molar-refractivity contribution in [2.24, 2.45) is 0 Å². The Morgan fingerprint density at radius 1 is 0.968 bits per heavy atom. The van der Waals surface area contributed by atoms with Gasteiger partial charge in [-0.15, -0.1) is 0 Å². The molecular formula is C22H18N6O3. The van der Waals surface area contributed by atoms with Gasteiger partial charge in [0.15, 0.2) is 0 Å². The van der Waals surface area contributed by atoms with Crippen LogP contribution < -0.4 is 16.2 Å². The highest BCUT2D eigenvalue weighted by atomic mass is 16.6. The van der Waals surface area contributed by atoms with Crippen LogP contribution in [0.1, 0.15) is 15.9 Å². The van der Waals surface area contributed by atoms with Crippen LogP contribution in [0.5, 0.6) is 0 Å². The monoisotopic (exact) mass is 414 g/mol. The third kappa shape index (κ3) is 4.25. The van der Waals surface area contributed by atoms with Gasteiger partial charge in [-0.25, -0.2) is 9.97 Å². The van der Waals surface area contributed by atoms with E-state index in [1.165, 1.54) is 6.33 Å². The first-order valence-corrected chi connectivity index (χ1v) is 9.40. The smallest absolute Gasteiger partial charge is 0.334 e. The highest BCUT2D eigenvalue weighted by Gasteiger charge is 2.24. The zero-order valence-electron chi connectivity index (χ0n) is 16.5. The van der Waals surface area contributed by atoms with Crippen LogP contribution in [0.4, 0.5) is 23.0 Å². The van der Waals surface area contributed by atoms with Crippen molar-refractivity contribution in [3.8, 4) is 0 Å². The highest BCUT2D eigenvalue weighted by molar-refractivity contribution is 6.07. The van der Waals surface area contributed by atoms with Gasteiger partial charge in [-0.2, -0.15) is 0 Å². The summed E-state index contributed by atoms with van der Waals surface area (Å²) in [6.07, 6.45) is 1.18. The molecular weight excluding hydrogens is 396 g/mol. The van der Waals surface area contributed by atoms with Gasteiger partial charge in [0.25, 0.3) is 5.91 Å². The summed E-state index contributed by atoms with van der Waals surface area (Å²) in [6, 6.07) is 20.2. The van der Waals surface area contributed by atoms with Gasteiger partial charge in [-0.3, -0.25) is 25.8 Å². The van der Waals surface area contributed by atoms with E-state index in [-0.39, 0.29) is 17.3 Å². The van der Waals surface area contributed by atoms with Crippen LogP contribution >= 0.6 is 0 Å². The maximum atomic E-state index is 12.7. The molecule has 1 heterocycles. The van der Waals surface area contributed by atoms with Crippen LogP contribution in [0, 0.1) is 17.0 Å². The first-order chi connectivity index (χ1) is 15.0. The summed E-state index contributed by atoms with van der Waals surface area (Å²) in [5.74, 6) is -0.575. The Hall–Kier alpha value is -4.53. The lowest BCUT2D eigenvalue weighted by Gasteiger charge is -2.12. The Kier molecular flexibility index (Phi) is 5.39. The van der Waals surface area contributed by atoms with E-state index < -0.39 is 10.8 Å². The van der Waals surface area contributed by atoms with Gasteiger partial charge in [-0.05, 0) is 41.5 Å². The Morgan fingerprint density at radius 2 is 1.71 bits per heavy atom. The van der Waals surface area contributed by atoms with Crippen LogP contribution in [0.15, 0.2) is 73.1 Å². The van der Waals surface area contributed by atoms with Crippen molar-refractivity contribution in [1.29, 1.82) is 0 Å². The number of carbonyl (C=O) groups excluding carboxylic acids is 1. The van der Waals surface area contributed by atoms with Gasteiger partial charge in [-0.1, -0.05) is 48.5 Å². The number of fused-ring (bicyclic) bond motifs is 1. The molecule has 1 amide bonds. The van der Waals surface area contributed by atoms with E-state index in [1.54, 1.807) is 18.2 Å². The minimum atomic E-state index is -0.607. The number of nitrogens with one attached hydrogen (secondary N) is 3. The van der Waals surface area contributed by atoms with Gasteiger partial charge in [0, 0.05) is 11.3 Å². The lowest BCUT2D eigenvalue weighted by Crippen LogP contribution is -2.30. The molecule has 3 N–H and O–H groups in total. The predicted octanol–water partition coefficient (Wildman–Crippen LogP) is 4.35. The van der Waals surface area contributed by atoms with Crippen molar-refractivity contribution in [3.05, 3.63) is 94.3 Å². The van der Waals surface area contributed by atoms with E-state index >= 15 is 0 Å². The summed E-state index contributed by atoms with van der Waals surface area (Å²) in [5.41, 5.74) is 6.73. The molecule has 0 fully saturated rings. The van der Waals surface area contributed by atoms with Crippen LogP contribution in [0.25, 0.3) is 10.8 Å². The number of aryl methyl sites for hydroxylation is 1. The fourth-order valence-corrected chi connectivity index (χ4v) is 3.20. The Bertz CT molecular complexity index is 1290. The van der Waals surface area contributed by atoms with E-state index in [0.717, 1.165) is 16.3 Å². The number of nitrogens with zero attached hydrogens (tertiary/aromatic N) is 3. The van der Waals surface area contributed by atoms with Crippen molar-refractivity contribution < 1.29 is 9.72 Å². The van der Waals surface area contributed by atoms with Crippen molar-refractivity contribution in [2.45, 2.75) is 6.92 Å². The molecule has 0 atom stereocenters. The number of hydrogen-bond donors (Lipinski definition) is 3. The van der Waals surface area contributed by atoms with Crippen molar-refractivity contribution in [3.63, 3.8) is 0 Å². The lowest BCUT2D eigenvalue weighted by atomic mass is 10.0. The molecule has 154 valence electrons. The topological polar surface area (TPSA) is 122 Å². The molecule has 31 heavy (non-hydrogen) atoms. The molecule has 0 saturated carbocycles. The summed E-state index contributed by atoms with van der Waals surface area (Å²) in [7, 11) is 0. The van der Waals surface area contributed by atoms with Crippen molar-refractivity contribution >= 4 is 39.7 Å². The zero-order valence-corrected chi connectivity index (χ0v) is 16.5. The van der Waals surface area contributed by atoms with E-state index in [0.29, 0.717) is 11.3 Å². The Labute approximate surface area is 177 Å². The molecule has 0 unspecified atom stereocenters.